The predicted molar refractivity (Wildman–Crippen MR) is 111 cm³/mol. The number of rotatable bonds is 4. The third-order valence-electron chi connectivity index (χ3n) is 5.08. The third-order valence-corrected chi connectivity index (χ3v) is 5.08. The molecular formula is C23H14F2N2O5. The van der Waals surface area contributed by atoms with Gasteiger partial charge in [0.05, 0.1) is 16.5 Å². The molecule has 1 aliphatic heterocycles. The van der Waals surface area contributed by atoms with E-state index in [1.807, 2.05) is 0 Å². The molecule has 3 aromatic carbocycles. The molecule has 32 heavy (non-hydrogen) atoms. The number of hydrogen-bond donors (Lipinski definition) is 1. The van der Waals surface area contributed by atoms with Crippen LogP contribution in [0.5, 0.6) is 0 Å². The average molecular weight is 436 g/mol. The lowest BCUT2D eigenvalue weighted by Crippen LogP contribution is -2.30. The number of amides is 1. The number of ketones is 1. The van der Waals surface area contributed by atoms with Crippen LogP contribution in [-0.2, 0) is 9.59 Å². The van der Waals surface area contributed by atoms with Gasteiger partial charge in [0.1, 0.15) is 17.4 Å². The van der Waals surface area contributed by atoms with Gasteiger partial charge in [-0.25, -0.2) is 8.78 Å². The molecule has 160 valence electrons. The van der Waals surface area contributed by atoms with Crippen LogP contribution in [0.2, 0.25) is 0 Å². The number of hydrogen-bond acceptors (Lipinski definition) is 5. The third kappa shape index (κ3) is 3.49. The largest absolute Gasteiger partial charge is 0.507 e. The zero-order valence-electron chi connectivity index (χ0n) is 16.2. The highest BCUT2D eigenvalue weighted by Gasteiger charge is 2.47. The number of carbonyl (C=O) groups excluding carboxylic acids is 2. The fraction of sp³-hybridized carbons (Fsp3) is 0.0435. The smallest absolute Gasteiger partial charge is 0.300 e. The van der Waals surface area contributed by atoms with Crippen molar-refractivity contribution in [2.45, 2.75) is 6.04 Å². The normalized spacial score (nSPS) is 17.6. The molecule has 1 atom stereocenters. The van der Waals surface area contributed by atoms with Crippen LogP contribution in [0, 0.1) is 21.7 Å². The summed E-state index contributed by atoms with van der Waals surface area (Å²) in [5.41, 5.74) is -0.720. The first-order chi connectivity index (χ1) is 15.3. The van der Waals surface area contributed by atoms with E-state index >= 15 is 0 Å². The maximum Gasteiger partial charge on any atom is 0.300 e. The molecule has 1 N–H and O–H groups in total. The van der Waals surface area contributed by atoms with Gasteiger partial charge in [0, 0.05) is 28.9 Å². The number of aliphatic hydroxyl groups is 1. The molecule has 0 radical (unpaired) electrons. The van der Waals surface area contributed by atoms with E-state index in [0.717, 1.165) is 35.2 Å². The average Bonchev–Trinajstić information content (AvgIpc) is 3.04. The topological polar surface area (TPSA) is 101 Å². The second kappa shape index (κ2) is 8.03. The summed E-state index contributed by atoms with van der Waals surface area (Å²) in [5, 5.41) is 21.8. The molecule has 1 fully saturated rings. The van der Waals surface area contributed by atoms with Crippen molar-refractivity contribution < 1.29 is 28.4 Å². The lowest BCUT2D eigenvalue weighted by atomic mass is 9.94. The number of Topliss-reactive ketones (excluding diaryl/α,β-unsaturated/α-hetero) is 1. The summed E-state index contributed by atoms with van der Waals surface area (Å²) in [5.74, 6) is -4.22. The molecule has 4 rings (SSSR count). The minimum atomic E-state index is -1.38. The van der Waals surface area contributed by atoms with Crippen molar-refractivity contribution in [1.82, 2.24) is 0 Å². The molecule has 0 spiro atoms. The summed E-state index contributed by atoms with van der Waals surface area (Å²) in [6, 6.07) is 13.6. The Kier molecular flexibility index (Phi) is 5.23. The van der Waals surface area contributed by atoms with Crippen molar-refractivity contribution in [2.75, 3.05) is 4.90 Å². The van der Waals surface area contributed by atoms with E-state index in [9.17, 15) is 33.6 Å². The zero-order valence-corrected chi connectivity index (χ0v) is 16.2. The van der Waals surface area contributed by atoms with Gasteiger partial charge in [0.15, 0.2) is 0 Å². The van der Waals surface area contributed by atoms with E-state index in [1.54, 1.807) is 0 Å². The number of nitro benzene ring substituents is 1. The Morgan fingerprint density at radius 1 is 0.969 bits per heavy atom. The van der Waals surface area contributed by atoms with Gasteiger partial charge >= 0.3 is 0 Å². The van der Waals surface area contributed by atoms with Gasteiger partial charge in [0.2, 0.25) is 0 Å². The van der Waals surface area contributed by atoms with E-state index in [0.29, 0.717) is 0 Å². The highest BCUT2D eigenvalue weighted by molar-refractivity contribution is 6.51. The van der Waals surface area contributed by atoms with Gasteiger partial charge in [-0.2, -0.15) is 0 Å². The quantitative estimate of drug-likeness (QED) is 0.213. The van der Waals surface area contributed by atoms with Gasteiger partial charge < -0.3 is 5.11 Å². The number of halogens is 2. The molecule has 3 aromatic rings. The summed E-state index contributed by atoms with van der Waals surface area (Å²) >= 11 is 0. The highest BCUT2D eigenvalue weighted by Crippen LogP contribution is 2.43. The van der Waals surface area contributed by atoms with Crippen LogP contribution < -0.4 is 4.90 Å². The number of benzene rings is 3. The Morgan fingerprint density at radius 2 is 1.66 bits per heavy atom. The molecular weight excluding hydrogens is 422 g/mol. The summed E-state index contributed by atoms with van der Waals surface area (Å²) in [6.07, 6.45) is 0. The van der Waals surface area contributed by atoms with Crippen LogP contribution in [0.15, 0.2) is 78.4 Å². The van der Waals surface area contributed by atoms with Crippen LogP contribution in [0.1, 0.15) is 17.2 Å². The molecule has 1 aliphatic rings. The van der Waals surface area contributed by atoms with Crippen LogP contribution >= 0.6 is 0 Å². The summed E-state index contributed by atoms with van der Waals surface area (Å²) in [7, 11) is 0. The maximum atomic E-state index is 14.7. The number of non-ortho nitro benzene ring substituents is 1. The first kappa shape index (κ1) is 20.9. The van der Waals surface area contributed by atoms with Gasteiger partial charge in [-0.15, -0.1) is 0 Å². The lowest BCUT2D eigenvalue weighted by molar-refractivity contribution is -0.384. The second-order valence-electron chi connectivity index (χ2n) is 6.97. The monoisotopic (exact) mass is 436 g/mol. The minimum absolute atomic E-state index is 0.00287. The summed E-state index contributed by atoms with van der Waals surface area (Å²) < 4.78 is 28.6. The van der Waals surface area contributed by atoms with Crippen molar-refractivity contribution >= 4 is 28.8 Å². The molecule has 9 heteroatoms. The molecule has 1 saturated heterocycles. The van der Waals surface area contributed by atoms with E-state index in [4.69, 9.17) is 0 Å². The molecule has 7 nitrogen and oxygen atoms in total. The van der Waals surface area contributed by atoms with E-state index in [1.165, 1.54) is 42.5 Å². The number of nitro groups is 1. The molecule has 0 saturated carbocycles. The molecule has 1 unspecified atom stereocenters. The van der Waals surface area contributed by atoms with Crippen LogP contribution in [-0.4, -0.2) is 21.7 Å². The van der Waals surface area contributed by atoms with E-state index in [2.05, 4.69) is 0 Å². The Balaban J connectivity index is 1.94. The molecule has 1 heterocycles. The first-order valence-corrected chi connectivity index (χ1v) is 9.35. The van der Waals surface area contributed by atoms with Gasteiger partial charge in [-0.1, -0.05) is 24.3 Å². The lowest BCUT2D eigenvalue weighted by Gasteiger charge is -2.25. The van der Waals surface area contributed by atoms with Crippen molar-refractivity contribution in [1.29, 1.82) is 0 Å². The SMILES string of the molecule is O=C1C(=O)N(c2cccc(F)c2)C(c2ccccc2F)/C1=C(\O)c1ccc([N+](=O)[O-])cc1. The fourth-order valence-corrected chi connectivity index (χ4v) is 3.61. The number of anilines is 1. The first-order valence-electron chi connectivity index (χ1n) is 9.35. The molecule has 1 amide bonds. The Bertz CT molecular complexity index is 1290. The summed E-state index contributed by atoms with van der Waals surface area (Å²) in [4.78, 5) is 37.0. The Morgan fingerprint density at radius 3 is 2.28 bits per heavy atom. The predicted octanol–water partition coefficient (Wildman–Crippen LogP) is 4.50. The number of carbonyl (C=O) groups is 2. The zero-order chi connectivity index (χ0) is 23.0. The fourth-order valence-electron chi connectivity index (χ4n) is 3.61. The van der Waals surface area contributed by atoms with Crippen molar-refractivity contribution in [3.8, 4) is 0 Å². The maximum absolute atomic E-state index is 14.7. The van der Waals surface area contributed by atoms with Gasteiger partial charge in [-0.3, -0.25) is 24.6 Å². The van der Waals surface area contributed by atoms with Gasteiger partial charge in [-0.05, 0) is 36.4 Å². The Labute approximate surface area is 180 Å². The van der Waals surface area contributed by atoms with E-state index < -0.39 is 45.6 Å². The van der Waals surface area contributed by atoms with Crippen LogP contribution in [0.4, 0.5) is 20.2 Å². The molecule has 0 aliphatic carbocycles. The van der Waals surface area contributed by atoms with Gasteiger partial charge in [0.25, 0.3) is 17.4 Å². The van der Waals surface area contributed by atoms with Crippen molar-refractivity contribution in [3.05, 3.63) is 111 Å². The highest BCUT2D eigenvalue weighted by atomic mass is 19.1. The van der Waals surface area contributed by atoms with Crippen LogP contribution in [0.3, 0.4) is 0 Å². The van der Waals surface area contributed by atoms with E-state index in [-0.39, 0.29) is 22.5 Å². The molecule has 0 bridgehead atoms. The van der Waals surface area contributed by atoms with Crippen LogP contribution in [0.25, 0.3) is 5.76 Å². The van der Waals surface area contributed by atoms with Crippen molar-refractivity contribution in [3.63, 3.8) is 0 Å². The summed E-state index contributed by atoms with van der Waals surface area (Å²) in [6.45, 7) is 0. The minimum Gasteiger partial charge on any atom is -0.507 e. The van der Waals surface area contributed by atoms with Crippen molar-refractivity contribution in [2.24, 2.45) is 0 Å². The Hall–Kier alpha value is -4.40. The molecule has 0 aromatic heterocycles. The second-order valence-corrected chi connectivity index (χ2v) is 6.97. The number of nitrogens with zero attached hydrogens (tertiary/aromatic N) is 2. The number of aliphatic hydroxyl groups excluding tert-OH is 1. The standard InChI is InChI=1S/C23H14F2N2O5/c24-14-4-3-5-16(12-14)26-20(17-6-1-2-7-18(17)25)19(22(29)23(26)30)21(28)13-8-10-15(11-9-13)27(31)32/h1-12,20,28H/b21-19+.